The molecule has 2 N–H and O–H groups in total. The summed E-state index contributed by atoms with van der Waals surface area (Å²) in [4.78, 5) is 11.2. The molecule has 0 aromatic heterocycles. The quantitative estimate of drug-likeness (QED) is 0.599. The van der Waals surface area contributed by atoms with Crippen LogP contribution in [0.25, 0.3) is 0 Å². The van der Waals surface area contributed by atoms with Gasteiger partial charge in [0.05, 0.1) is 13.2 Å². The lowest BCUT2D eigenvalue weighted by Crippen LogP contribution is -2.37. The monoisotopic (exact) mass is 245 g/mol. The van der Waals surface area contributed by atoms with E-state index in [1.54, 1.807) is 6.92 Å². The van der Waals surface area contributed by atoms with Gasteiger partial charge in [0.15, 0.2) is 0 Å². The van der Waals surface area contributed by atoms with E-state index in [1.165, 1.54) is 19.3 Å². The molecule has 4 heteroatoms. The topological polar surface area (TPSA) is 61.5 Å². The lowest BCUT2D eigenvalue weighted by molar-refractivity contribution is -0.146. The van der Waals surface area contributed by atoms with E-state index in [-0.39, 0.29) is 12.6 Å². The van der Waals surface area contributed by atoms with Crippen molar-refractivity contribution in [2.24, 2.45) is 11.7 Å². The summed E-state index contributed by atoms with van der Waals surface area (Å²) in [6.07, 6.45) is 4.72. The van der Waals surface area contributed by atoms with Crippen LogP contribution in [-0.4, -0.2) is 31.8 Å². The minimum absolute atomic E-state index is 0.251. The number of unbranched alkanes of at least 4 members (excludes halogenated alkanes) is 1. The zero-order valence-electron chi connectivity index (χ0n) is 11.4. The Kier molecular flexibility index (Phi) is 10.2. The molecule has 0 bridgehead atoms. The molecule has 4 nitrogen and oxygen atoms in total. The average Bonchev–Trinajstić information content (AvgIpc) is 2.33. The summed E-state index contributed by atoms with van der Waals surface area (Å²) < 4.78 is 10.3. The molecular formula is C13H27NO3. The first-order chi connectivity index (χ1) is 8.15. The number of ether oxygens (including phenoxy) is 2. The van der Waals surface area contributed by atoms with Crippen molar-refractivity contribution < 1.29 is 14.3 Å². The first kappa shape index (κ1) is 16.4. The fraction of sp³-hybridized carbons (Fsp3) is 0.923. The molecule has 0 aliphatic heterocycles. The highest BCUT2D eigenvalue weighted by atomic mass is 16.5. The largest absolute Gasteiger partial charge is 0.465 e. The fourth-order valence-corrected chi connectivity index (χ4v) is 1.58. The predicted molar refractivity (Wildman–Crippen MR) is 68.7 cm³/mol. The Morgan fingerprint density at radius 3 is 2.47 bits per heavy atom. The summed E-state index contributed by atoms with van der Waals surface area (Å²) in [6, 6.07) is -0.654. The zero-order chi connectivity index (χ0) is 13.1. The van der Waals surface area contributed by atoms with Crippen molar-refractivity contribution in [2.45, 2.75) is 52.5 Å². The number of hydrogen-bond acceptors (Lipinski definition) is 4. The average molecular weight is 245 g/mol. The molecule has 0 amide bonds. The van der Waals surface area contributed by atoms with Crippen molar-refractivity contribution in [3.05, 3.63) is 0 Å². The Morgan fingerprint density at radius 2 is 1.94 bits per heavy atom. The second kappa shape index (κ2) is 10.5. The number of hydrogen-bond donors (Lipinski definition) is 1. The summed E-state index contributed by atoms with van der Waals surface area (Å²) in [5.74, 6) is 0.193. The zero-order valence-corrected chi connectivity index (χ0v) is 11.4. The highest BCUT2D eigenvalue weighted by molar-refractivity contribution is 5.75. The third-order valence-electron chi connectivity index (χ3n) is 2.78. The minimum atomic E-state index is -0.654. The van der Waals surface area contributed by atoms with Gasteiger partial charge < -0.3 is 15.2 Å². The maximum absolute atomic E-state index is 11.2. The molecular weight excluding hydrogens is 218 g/mol. The van der Waals surface area contributed by atoms with Gasteiger partial charge in [-0.2, -0.15) is 0 Å². The molecule has 0 aliphatic carbocycles. The molecule has 0 radical (unpaired) electrons. The minimum Gasteiger partial charge on any atom is -0.465 e. The summed E-state index contributed by atoms with van der Waals surface area (Å²) in [7, 11) is 0. The Balaban J connectivity index is 3.68. The van der Waals surface area contributed by atoms with Gasteiger partial charge in [-0.3, -0.25) is 4.79 Å². The molecule has 0 fully saturated rings. The van der Waals surface area contributed by atoms with E-state index in [1.807, 2.05) is 0 Å². The summed E-state index contributed by atoms with van der Waals surface area (Å²) in [6.45, 7) is 7.41. The Labute approximate surface area is 105 Å². The van der Waals surface area contributed by atoms with Gasteiger partial charge >= 0.3 is 5.97 Å². The first-order valence-corrected chi connectivity index (χ1v) is 6.65. The van der Waals surface area contributed by atoms with Crippen LogP contribution in [0.2, 0.25) is 0 Å². The molecule has 2 atom stereocenters. The predicted octanol–water partition coefficient (Wildman–Crippen LogP) is 2.11. The van der Waals surface area contributed by atoms with E-state index in [0.717, 1.165) is 6.42 Å². The highest BCUT2D eigenvalue weighted by Gasteiger charge is 2.15. The molecule has 0 rings (SSSR count). The second-order valence-electron chi connectivity index (χ2n) is 4.31. The molecule has 0 heterocycles. The fourth-order valence-electron chi connectivity index (χ4n) is 1.58. The van der Waals surface area contributed by atoms with Crippen LogP contribution in [0.15, 0.2) is 0 Å². The Hall–Kier alpha value is -0.610. The van der Waals surface area contributed by atoms with Crippen LogP contribution in [0, 0.1) is 5.92 Å². The van der Waals surface area contributed by atoms with Crippen LogP contribution in [0.4, 0.5) is 0 Å². The third-order valence-corrected chi connectivity index (χ3v) is 2.78. The molecule has 0 aromatic carbocycles. The molecule has 0 saturated carbocycles. The van der Waals surface area contributed by atoms with Crippen molar-refractivity contribution in [3.8, 4) is 0 Å². The first-order valence-electron chi connectivity index (χ1n) is 6.65. The lowest BCUT2D eigenvalue weighted by Gasteiger charge is -2.16. The Bertz CT molecular complexity index is 197. The Morgan fingerprint density at radius 1 is 1.24 bits per heavy atom. The van der Waals surface area contributed by atoms with E-state index >= 15 is 0 Å². The van der Waals surface area contributed by atoms with Crippen LogP contribution >= 0.6 is 0 Å². The van der Waals surface area contributed by atoms with Crippen LogP contribution in [0.1, 0.15) is 46.5 Å². The number of esters is 1. The summed E-state index contributed by atoms with van der Waals surface area (Å²) in [5, 5.41) is 0. The van der Waals surface area contributed by atoms with Gasteiger partial charge in [0.1, 0.15) is 6.04 Å². The molecule has 0 aliphatic rings. The van der Waals surface area contributed by atoms with Gasteiger partial charge in [-0.15, -0.1) is 0 Å². The van der Waals surface area contributed by atoms with Crippen molar-refractivity contribution in [1.29, 1.82) is 0 Å². The molecule has 17 heavy (non-hydrogen) atoms. The summed E-state index contributed by atoms with van der Waals surface area (Å²) >= 11 is 0. The van der Waals surface area contributed by atoms with Crippen molar-refractivity contribution in [3.63, 3.8) is 0 Å². The van der Waals surface area contributed by atoms with Crippen molar-refractivity contribution >= 4 is 5.97 Å². The molecule has 0 saturated heterocycles. The molecule has 102 valence electrons. The van der Waals surface area contributed by atoms with Crippen LogP contribution in [0.5, 0.6) is 0 Å². The van der Waals surface area contributed by atoms with Crippen LogP contribution < -0.4 is 5.73 Å². The SMILES string of the molecule is CCCCC(CC)COCC(N)C(=O)OCC. The van der Waals surface area contributed by atoms with Gasteiger partial charge in [-0.05, 0) is 19.3 Å². The van der Waals surface area contributed by atoms with Gasteiger partial charge in [0, 0.05) is 6.61 Å². The van der Waals surface area contributed by atoms with Gasteiger partial charge in [-0.25, -0.2) is 0 Å². The standard InChI is InChI=1S/C13H27NO3/c1-4-7-8-11(5-2)9-16-10-12(14)13(15)17-6-3/h11-12H,4-10,14H2,1-3H3. The maximum Gasteiger partial charge on any atom is 0.325 e. The second-order valence-corrected chi connectivity index (χ2v) is 4.31. The van der Waals surface area contributed by atoms with E-state index in [4.69, 9.17) is 15.2 Å². The van der Waals surface area contributed by atoms with Crippen LogP contribution in [0.3, 0.4) is 0 Å². The maximum atomic E-state index is 11.2. The van der Waals surface area contributed by atoms with E-state index in [0.29, 0.717) is 19.1 Å². The van der Waals surface area contributed by atoms with Gasteiger partial charge in [0.2, 0.25) is 0 Å². The van der Waals surface area contributed by atoms with Crippen molar-refractivity contribution in [1.82, 2.24) is 0 Å². The number of nitrogens with two attached hydrogens (primary N) is 1. The number of carbonyl (C=O) groups is 1. The highest BCUT2D eigenvalue weighted by Crippen LogP contribution is 2.12. The number of rotatable bonds is 10. The summed E-state index contributed by atoms with van der Waals surface area (Å²) in [5.41, 5.74) is 5.63. The normalized spacial score (nSPS) is 14.4. The lowest BCUT2D eigenvalue weighted by atomic mass is 10.0. The van der Waals surface area contributed by atoms with Crippen LogP contribution in [-0.2, 0) is 14.3 Å². The van der Waals surface area contributed by atoms with Crippen molar-refractivity contribution in [2.75, 3.05) is 19.8 Å². The van der Waals surface area contributed by atoms with E-state index in [2.05, 4.69) is 13.8 Å². The van der Waals surface area contributed by atoms with E-state index in [9.17, 15) is 4.79 Å². The van der Waals surface area contributed by atoms with Gasteiger partial charge in [-0.1, -0.05) is 33.1 Å². The molecule has 2 unspecified atom stereocenters. The molecule has 0 aromatic rings. The number of carbonyl (C=O) groups excluding carboxylic acids is 1. The third kappa shape index (κ3) is 8.16. The van der Waals surface area contributed by atoms with E-state index < -0.39 is 6.04 Å². The smallest absolute Gasteiger partial charge is 0.325 e. The molecule has 0 spiro atoms. The van der Waals surface area contributed by atoms with Gasteiger partial charge in [0.25, 0.3) is 0 Å².